The number of rotatable bonds is 3. The predicted octanol–water partition coefficient (Wildman–Crippen LogP) is 4.30. The van der Waals surface area contributed by atoms with Gasteiger partial charge in [0, 0.05) is 18.0 Å². The molecule has 1 unspecified atom stereocenters. The summed E-state index contributed by atoms with van der Waals surface area (Å²) in [5, 5.41) is 0. The molecular formula is C22H29NO3. The van der Waals surface area contributed by atoms with Crippen molar-refractivity contribution in [3.05, 3.63) is 29.3 Å². The summed E-state index contributed by atoms with van der Waals surface area (Å²) in [5.74, 6) is 1.58. The number of benzene rings is 1. The Hall–Kier alpha value is -1.71. The molecule has 4 nitrogen and oxygen atoms in total. The zero-order valence-corrected chi connectivity index (χ0v) is 15.9. The fourth-order valence-electron chi connectivity index (χ4n) is 6.94. The molecule has 2 spiro atoms. The third-order valence-corrected chi connectivity index (χ3v) is 7.61. The molecule has 1 saturated heterocycles. The van der Waals surface area contributed by atoms with E-state index in [9.17, 15) is 4.79 Å². The number of hydrogen-bond acceptors (Lipinski definition) is 3. The van der Waals surface area contributed by atoms with Crippen LogP contribution in [-0.4, -0.2) is 36.8 Å². The van der Waals surface area contributed by atoms with Crippen LogP contribution in [0.25, 0.3) is 0 Å². The second-order valence-electron chi connectivity index (χ2n) is 8.85. The van der Waals surface area contributed by atoms with E-state index < -0.39 is 0 Å². The van der Waals surface area contributed by atoms with E-state index in [0.29, 0.717) is 30.6 Å². The fraction of sp³-hybridized carbons (Fsp3) is 0.682. The molecule has 140 valence electrons. The van der Waals surface area contributed by atoms with Gasteiger partial charge in [-0.25, -0.2) is 4.79 Å². The molecular weight excluding hydrogens is 326 g/mol. The van der Waals surface area contributed by atoms with Gasteiger partial charge in [0.15, 0.2) is 0 Å². The summed E-state index contributed by atoms with van der Waals surface area (Å²) in [6.45, 7) is 6.00. The molecule has 1 amide bonds. The first-order valence-electron chi connectivity index (χ1n) is 10.3. The normalized spacial score (nSPS) is 36.5. The zero-order valence-electron chi connectivity index (χ0n) is 15.9. The van der Waals surface area contributed by atoms with Crippen LogP contribution in [0.15, 0.2) is 18.2 Å². The molecule has 1 aromatic rings. The molecule has 4 heteroatoms. The van der Waals surface area contributed by atoms with Crippen molar-refractivity contribution in [2.45, 2.75) is 63.8 Å². The van der Waals surface area contributed by atoms with Crippen molar-refractivity contribution in [3.8, 4) is 5.75 Å². The Balaban J connectivity index is 1.62. The standard InChI is InChI=1S/C22H29NO3/c1-3-25-16-7-6-15-10-19-18-12-21(14-23(19)20(24)26-4-2)8-5-9-22(18,13-21)17(15)11-16/h6-7,11,18-19H,3-5,8-10,12-14H2,1-2H3/t18-,19+,21?,22-/m1/s1. The number of hydrogen-bond donors (Lipinski definition) is 0. The fourth-order valence-corrected chi connectivity index (χ4v) is 6.94. The van der Waals surface area contributed by atoms with Gasteiger partial charge >= 0.3 is 6.09 Å². The lowest BCUT2D eigenvalue weighted by molar-refractivity contribution is 0.0223. The van der Waals surface area contributed by atoms with Crippen LogP contribution >= 0.6 is 0 Å². The van der Waals surface area contributed by atoms with Crippen molar-refractivity contribution in [2.75, 3.05) is 19.8 Å². The second kappa shape index (κ2) is 5.64. The first kappa shape index (κ1) is 16.5. The number of amides is 1. The van der Waals surface area contributed by atoms with E-state index in [2.05, 4.69) is 23.1 Å². The van der Waals surface area contributed by atoms with E-state index in [1.54, 1.807) is 0 Å². The first-order valence-corrected chi connectivity index (χ1v) is 10.3. The highest BCUT2D eigenvalue weighted by molar-refractivity contribution is 5.69. The minimum absolute atomic E-state index is 0.0985. The highest BCUT2D eigenvalue weighted by Crippen LogP contribution is 2.68. The number of piperidine rings is 1. The minimum atomic E-state index is -0.0985. The maximum absolute atomic E-state index is 12.7. The monoisotopic (exact) mass is 355 g/mol. The Labute approximate surface area is 155 Å². The summed E-state index contributed by atoms with van der Waals surface area (Å²) in [6, 6.07) is 6.98. The van der Waals surface area contributed by atoms with Crippen LogP contribution in [0.4, 0.5) is 4.79 Å². The number of nitrogens with zero attached hydrogens (tertiary/aromatic N) is 1. The van der Waals surface area contributed by atoms with Gasteiger partial charge in [-0.2, -0.15) is 0 Å². The van der Waals surface area contributed by atoms with Crippen LogP contribution in [0.5, 0.6) is 5.75 Å². The molecule has 0 radical (unpaired) electrons. The molecule has 1 aliphatic heterocycles. The van der Waals surface area contributed by atoms with Gasteiger partial charge in [-0.1, -0.05) is 12.5 Å². The lowest BCUT2D eigenvalue weighted by Crippen LogP contribution is -2.56. The molecule has 5 rings (SSSR count). The van der Waals surface area contributed by atoms with Crippen LogP contribution in [-0.2, 0) is 16.6 Å². The van der Waals surface area contributed by atoms with Gasteiger partial charge in [-0.3, -0.25) is 0 Å². The maximum atomic E-state index is 12.7. The van der Waals surface area contributed by atoms with E-state index in [0.717, 1.165) is 18.7 Å². The molecule has 3 fully saturated rings. The SMILES string of the molecule is CCOC(=O)N1CC23CCC[C@@]4(C2)c2cc(OCC)ccc2C[C@H]1[C@H]4C3. The van der Waals surface area contributed by atoms with Gasteiger partial charge in [0.25, 0.3) is 0 Å². The summed E-state index contributed by atoms with van der Waals surface area (Å²) in [4.78, 5) is 14.8. The zero-order chi connectivity index (χ0) is 17.9. The highest BCUT2D eigenvalue weighted by atomic mass is 16.6. The van der Waals surface area contributed by atoms with Gasteiger partial charge < -0.3 is 14.4 Å². The molecule has 3 aliphatic carbocycles. The van der Waals surface area contributed by atoms with Gasteiger partial charge in [0.05, 0.1) is 13.2 Å². The summed E-state index contributed by atoms with van der Waals surface area (Å²) >= 11 is 0. The topological polar surface area (TPSA) is 38.8 Å². The Morgan fingerprint density at radius 3 is 2.96 bits per heavy atom. The van der Waals surface area contributed by atoms with E-state index in [-0.39, 0.29) is 11.5 Å². The number of ether oxygens (including phenoxy) is 2. The Morgan fingerprint density at radius 1 is 1.27 bits per heavy atom. The van der Waals surface area contributed by atoms with Crippen LogP contribution in [0.1, 0.15) is 57.1 Å². The largest absolute Gasteiger partial charge is 0.494 e. The molecule has 2 saturated carbocycles. The van der Waals surface area contributed by atoms with E-state index in [1.165, 1.54) is 43.2 Å². The molecule has 1 aromatic carbocycles. The van der Waals surface area contributed by atoms with Gasteiger partial charge in [0.1, 0.15) is 5.75 Å². The highest BCUT2D eigenvalue weighted by Gasteiger charge is 2.66. The lowest BCUT2D eigenvalue weighted by atomic mass is 9.59. The van der Waals surface area contributed by atoms with E-state index >= 15 is 0 Å². The summed E-state index contributed by atoms with van der Waals surface area (Å²) in [6.07, 6.45) is 7.18. The average molecular weight is 355 g/mol. The van der Waals surface area contributed by atoms with Crippen molar-refractivity contribution in [3.63, 3.8) is 0 Å². The maximum Gasteiger partial charge on any atom is 0.410 e. The van der Waals surface area contributed by atoms with Crippen molar-refractivity contribution in [2.24, 2.45) is 11.3 Å². The Kier molecular flexibility index (Phi) is 3.57. The predicted molar refractivity (Wildman–Crippen MR) is 99.5 cm³/mol. The van der Waals surface area contributed by atoms with Crippen molar-refractivity contribution in [1.82, 2.24) is 4.90 Å². The van der Waals surface area contributed by atoms with Gasteiger partial charge in [-0.05, 0) is 80.5 Å². The van der Waals surface area contributed by atoms with Gasteiger partial charge in [-0.15, -0.1) is 0 Å². The molecule has 0 N–H and O–H groups in total. The Bertz CT molecular complexity index is 747. The third-order valence-electron chi connectivity index (χ3n) is 7.61. The lowest BCUT2D eigenvalue weighted by Gasteiger charge is -2.49. The average Bonchev–Trinajstić information content (AvgIpc) is 2.85. The van der Waals surface area contributed by atoms with Crippen LogP contribution in [0.2, 0.25) is 0 Å². The number of carbonyl (C=O) groups excluding carboxylic acids is 1. The second-order valence-corrected chi connectivity index (χ2v) is 8.85. The molecule has 3 bridgehead atoms. The van der Waals surface area contributed by atoms with E-state index in [4.69, 9.17) is 9.47 Å². The summed E-state index contributed by atoms with van der Waals surface area (Å²) in [7, 11) is 0. The minimum Gasteiger partial charge on any atom is -0.494 e. The number of carbonyl (C=O) groups is 1. The molecule has 0 aromatic heterocycles. The summed E-state index contributed by atoms with van der Waals surface area (Å²) in [5.41, 5.74) is 3.49. The van der Waals surface area contributed by atoms with Crippen LogP contribution in [0.3, 0.4) is 0 Å². The van der Waals surface area contributed by atoms with Crippen LogP contribution in [0, 0.1) is 11.3 Å². The van der Waals surface area contributed by atoms with Crippen LogP contribution < -0.4 is 4.74 Å². The first-order chi connectivity index (χ1) is 12.6. The quantitative estimate of drug-likeness (QED) is 0.811. The van der Waals surface area contributed by atoms with Crippen molar-refractivity contribution in [1.29, 1.82) is 0 Å². The number of fused-ring (bicyclic) bond motifs is 1. The molecule has 1 heterocycles. The van der Waals surface area contributed by atoms with Gasteiger partial charge in [0.2, 0.25) is 0 Å². The molecule has 26 heavy (non-hydrogen) atoms. The molecule has 4 aliphatic rings. The third kappa shape index (κ3) is 2.10. The van der Waals surface area contributed by atoms with Crippen molar-refractivity contribution < 1.29 is 14.3 Å². The van der Waals surface area contributed by atoms with Crippen molar-refractivity contribution >= 4 is 6.09 Å². The number of likely N-dealkylation sites (tertiary alicyclic amines) is 1. The molecule has 4 atom stereocenters. The van der Waals surface area contributed by atoms with E-state index in [1.807, 2.05) is 13.8 Å². The Morgan fingerprint density at radius 2 is 2.15 bits per heavy atom. The summed E-state index contributed by atoms with van der Waals surface area (Å²) < 4.78 is 11.3. The smallest absolute Gasteiger partial charge is 0.410 e.